The summed E-state index contributed by atoms with van der Waals surface area (Å²) >= 11 is 0. The van der Waals surface area contributed by atoms with Crippen LogP contribution in [0, 0.1) is 0 Å². The number of hydrogen-bond acceptors (Lipinski definition) is 4. The van der Waals surface area contributed by atoms with Gasteiger partial charge in [0, 0.05) is 16.6 Å². The molecular weight excluding hydrogens is 392 g/mol. The lowest BCUT2D eigenvalue weighted by molar-refractivity contribution is -0.123. The minimum atomic E-state index is -0.951. The molecule has 0 aliphatic rings. The number of esters is 1. The fraction of sp³-hybridized carbons (Fsp3) is 0.120. The number of aromatic nitrogens is 1. The first-order valence-electron chi connectivity index (χ1n) is 9.95. The van der Waals surface area contributed by atoms with Crippen molar-refractivity contribution in [3.63, 3.8) is 0 Å². The van der Waals surface area contributed by atoms with Crippen LogP contribution in [0.2, 0.25) is 0 Å². The third-order valence-corrected chi connectivity index (χ3v) is 4.77. The van der Waals surface area contributed by atoms with Gasteiger partial charge in [0.2, 0.25) is 0 Å². The Labute approximate surface area is 179 Å². The van der Waals surface area contributed by atoms with Crippen LogP contribution in [0.1, 0.15) is 23.0 Å². The second kappa shape index (κ2) is 9.17. The number of carbonyl (C=O) groups excluding carboxylic acids is 2. The number of H-pyrrole nitrogens is 1. The fourth-order valence-corrected chi connectivity index (χ4v) is 3.08. The van der Waals surface area contributed by atoms with Crippen molar-refractivity contribution in [2.24, 2.45) is 0 Å². The van der Waals surface area contributed by atoms with Gasteiger partial charge in [0.05, 0.1) is 0 Å². The van der Waals surface area contributed by atoms with E-state index in [9.17, 15) is 9.59 Å². The van der Waals surface area contributed by atoms with E-state index in [1.165, 1.54) is 6.92 Å². The molecule has 2 N–H and O–H groups in total. The van der Waals surface area contributed by atoms with Gasteiger partial charge in [0.15, 0.2) is 6.10 Å². The van der Waals surface area contributed by atoms with Gasteiger partial charge in [0.1, 0.15) is 18.1 Å². The lowest BCUT2D eigenvalue weighted by atomic mass is 10.2. The molecule has 0 spiro atoms. The molecule has 1 amide bonds. The molecule has 4 aromatic rings. The van der Waals surface area contributed by atoms with Gasteiger partial charge in [-0.3, -0.25) is 4.79 Å². The van der Waals surface area contributed by atoms with E-state index >= 15 is 0 Å². The zero-order valence-corrected chi connectivity index (χ0v) is 17.0. The molecule has 1 heterocycles. The Bertz CT molecular complexity index is 1150. The summed E-state index contributed by atoms with van der Waals surface area (Å²) in [5.41, 5.74) is 2.80. The van der Waals surface area contributed by atoms with Crippen LogP contribution in [0.4, 0.5) is 5.69 Å². The maximum absolute atomic E-state index is 12.4. The smallest absolute Gasteiger partial charge is 0.355 e. The van der Waals surface area contributed by atoms with Crippen LogP contribution in [0.15, 0.2) is 84.9 Å². The Hall–Kier alpha value is -4.06. The summed E-state index contributed by atoms with van der Waals surface area (Å²) in [6.45, 7) is 2.00. The first kappa shape index (κ1) is 20.2. The van der Waals surface area contributed by atoms with Crippen LogP contribution in [-0.2, 0) is 16.1 Å². The Morgan fingerprint density at radius 1 is 0.935 bits per heavy atom. The molecule has 0 bridgehead atoms. The van der Waals surface area contributed by atoms with Gasteiger partial charge in [0.25, 0.3) is 5.91 Å². The van der Waals surface area contributed by atoms with E-state index in [4.69, 9.17) is 9.47 Å². The number of benzene rings is 3. The average Bonchev–Trinajstić information content (AvgIpc) is 3.24. The highest BCUT2D eigenvalue weighted by molar-refractivity contribution is 5.98. The second-order valence-corrected chi connectivity index (χ2v) is 7.11. The van der Waals surface area contributed by atoms with E-state index < -0.39 is 18.0 Å². The van der Waals surface area contributed by atoms with Crippen molar-refractivity contribution in [2.75, 3.05) is 5.32 Å². The molecule has 1 atom stereocenters. The molecule has 0 unspecified atom stereocenters. The van der Waals surface area contributed by atoms with Crippen LogP contribution in [0.25, 0.3) is 10.9 Å². The lowest BCUT2D eigenvalue weighted by Gasteiger charge is -2.13. The Kier molecular flexibility index (Phi) is 5.98. The largest absolute Gasteiger partial charge is 0.489 e. The molecule has 0 radical (unpaired) electrons. The van der Waals surface area contributed by atoms with E-state index in [1.54, 1.807) is 30.3 Å². The summed E-state index contributed by atoms with van der Waals surface area (Å²) in [5, 5.41) is 3.65. The predicted molar refractivity (Wildman–Crippen MR) is 119 cm³/mol. The quantitative estimate of drug-likeness (QED) is 0.420. The highest BCUT2D eigenvalue weighted by Crippen LogP contribution is 2.18. The molecule has 0 saturated heterocycles. The van der Waals surface area contributed by atoms with Gasteiger partial charge < -0.3 is 19.8 Å². The number of amides is 1. The summed E-state index contributed by atoms with van der Waals surface area (Å²) in [6, 6.07) is 26.1. The van der Waals surface area contributed by atoms with Gasteiger partial charge in [-0.05, 0) is 48.9 Å². The first-order chi connectivity index (χ1) is 15.1. The van der Waals surface area contributed by atoms with E-state index in [0.29, 0.717) is 23.7 Å². The second-order valence-electron chi connectivity index (χ2n) is 7.11. The molecule has 6 nitrogen and oxygen atoms in total. The maximum atomic E-state index is 12.4. The van der Waals surface area contributed by atoms with Crippen LogP contribution in [0.5, 0.6) is 5.75 Å². The molecule has 6 heteroatoms. The Balaban J connectivity index is 1.30. The van der Waals surface area contributed by atoms with Crippen LogP contribution < -0.4 is 10.1 Å². The molecule has 4 rings (SSSR count). The molecule has 156 valence electrons. The number of ether oxygens (including phenoxy) is 2. The predicted octanol–water partition coefficient (Wildman–Crippen LogP) is 4.93. The summed E-state index contributed by atoms with van der Waals surface area (Å²) < 4.78 is 11.0. The highest BCUT2D eigenvalue weighted by Gasteiger charge is 2.20. The van der Waals surface area contributed by atoms with Crippen LogP contribution in [-0.4, -0.2) is 23.0 Å². The number of aromatic amines is 1. The third kappa shape index (κ3) is 5.11. The minimum absolute atomic E-state index is 0.306. The van der Waals surface area contributed by atoms with Crippen LogP contribution in [0.3, 0.4) is 0 Å². The number of rotatable bonds is 7. The molecular formula is C25H22N2O4. The first-order valence-corrected chi connectivity index (χ1v) is 9.95. The number of nitrogens with one attached hydrogen (secondary N) is 2. The monoisotopic (exact) mass is 414 g/mol. The number of hydrogen-bond donors (Lipinski definition) is 2. The van der Waals surface area contributed by atoms with Gasteiger partial charge in [-0.2, -0.15) is 0 Å². The summed E-state index contributed by atoms with van der Waals surface area (Å²) in [4.78, 5) is 27.8. The molecule has 1 aromatic heterocycles. The van der Waals surface area contributed by atoms with Crippen molar-refractivity contribution in [1.82, 2.24) is 4.98 Å². The van der Waals surface area contributed by atoms with Crippen molar-refractivity contribution in [2.45, 2.75) is 19.6 Å². The molecule has 0 aliphatic carbocycles. The summed E-state index contributed by atoms with van der Waals surface area (Å²) in [6.07, 6.45) is -0.951. The molecule has 31 heavy (non-hydrogen) atoms. The van der Waals surface area contributed by atoms with Gasteiger partial charge in [-0.25, -0.2) is 4.79 Å². The lowest BCUT2D eigenvalue weighted by Crippen LogP contribution is -2.30. The maximum Gasteiger partial charge on any atom is 0.355 e. The highest BCUT2D eigenvalue weighted by atomic mass is 16.5. The van der Waals surface area contributed by atoms with Gasteiger partial charge in [-0.15, -0.1) is 0 Å². The minimum Gasteiger partial charge on any atom is -0.489 e. The average molecular weight is 414 g/mol. The third-order valence-electron chi connectivity index (χ3n) is 4.77. The van der Waals surface area contributed by atoms with Crippen LogP contribution >= 0.6 is 0 Å². The number of anilines is 1. The van der Waals surface area contributed by atoms with Crippen molar-refractivity contribution in [1.29, 1.82) is 0 Å². The normalized spacial score (nSPS) is 11.6. The van der Waals surface area contributed by atoms with E-state index in [1.807, 2.05) is 54.6 Å². The summed E-state index contributed by atoms with van der Waals surface area (Å²) in [7, 11) is 0. The molecule has 0 aliphatic heterocycles. The van der Waals surface area contributed by atoms with E-state index in [0.717, 1.165) is 16.5 Å². The van der Waals surface area contributed by atoms with E-state index in [-0.39, 0.29) is 0 Å². The fourth-order valence-electron chi connectivity index (χ4n) is 3.08. The zero-order valence-electron chi connectivity index (χ0n) is 17.0. The standard InChI is InChI=1S/C25H22N2O4/c1-17(31-25(29)23-15-19-9-5-6-10-22(19)27-23)24(28)26-20-11-13-21(14-12-20)30-16-18-7-3-2-4-8-18/h2-15,17,27H,16H2,1H3,(H,26,28)/t17-/m1/s1. The molecule has 0 saturated carbocycles. The SMILES string of the molecule is C[C@@H](OC(=O)c1cc2ccccc2[nH]1)C(=O)Nc1ccc(OCc2ccccc2)cc1. The molecule has 3 aromatic carbocycles. The summed E-state index contributed by atoms with van der Waals surface area (Å²) in [5.74, 6) is -0.300. The van der Waals surface area contributed by atoms with Crippen molar-refractivity contribution >= 4 is 28.5 Å². The Morgan fingerprint density at radius 3 is 2.39 bits per heavy atom. The topological polar surface area (TPSA) is 80.4 Å². The van der Waals surface area contributed by atoms with Crippen molar-refractivity contribution < 1.29 is 19.1 Å². The van der Waals surface area contributed by atoms with Crippen molar-refractivity contribution in [3.05, 3.63) is 96.2 Å². The number of para-hydroxylation sites is 1. The van der Waals surface area contributed by atoms with E-state index in [2.05, 4.69) is 10.3 Å². The molecule has 0 fully saturated rings. The zero-order chi connectivity index (χ0) is 21.6. The van der Waals surface area contributed by atoms with Gasteiger partial charge in [-0.1, -0.05) is 48.5 Å². The Morgan fingerprint density at radius 2 is 1.65 bits per heavy atom. The number of carbonyl (C=O) groups is 2. The van der Waals surface area contributed by atoms with Crippen molar-refractivity contribution in [3.8, 4) is 5.75 Å². The van der Waals surface area contributed by atoms with Gasteiger partial charge >= 0.3 is 5.97 Å². The number of fused-ring (bicyclic) bond motifs is 1.